The fourth-order valence-electron chi connectivity index (χ4n) is 7.02. The number of benzene rings is 6. The van der Waals surface area contributed by atoms with Gasteiger partial charge in [0.05, 0.1) is 23.3 Å². The van der Waals surface area contributed by atoms with Crippen molar-refractivity contribution in [1.29, 1.82) is 0 Å². The molecular weight excluding hydrogens is 612 g/mol. The maximum Gasteiger partial charge on any atom is 0.171 e. The molecule has 7 aromatic rings. The smallest absolute Gasteiger partial charge is 0.171 e. The summed E-state index contributed by atoms with van der Waals surface area (Å²) in [6, 6.07) is 47.8. The third-order valence-corrected chi connectivity index (χ3v) is 13.5. The van der Waals surface area contributed by atoms with Gasteiger partial charge in [0.1, 0.15) is 0 Å². The van der Waals surface area contributed by atoms with Gasteiger partial charge in [-0.3, -0.25) is 4.98 Å². The molecule has 1 aromatic heterocycles. The molecule has 0 unspecified atom stereocenters. The molecule has 224 valence electrons. The van der Waals surface area contributed by atoms with Crippen LogP contribution in [0.4, 0.5) is 17.1 Å². The van der Waals surface area contributed by atoms with Crippen molar-refractivity contribution in [2.45, 2.75) is 16.2 Å². The van der Waals surface area contributed by atoms with Crippen LogP contribution in [0.15, 0.2) is 168 Å². The van der Waals surface area contributed by atoms with Crippen LogP contribution in [0, 0.1) is 0 Å². The van der Waals surface area contributed by atoms with Gasteiger partial charge < -0.3 is 9.46 Å². The first-order valence-corrected chi connectivity index (χ1v) is 18.3. The van der Waals surface area contributed by atoms with E-state index < -0.39 is 7.14 Å². The number of anilines is 3. The van der Waals surface area contributed by atoms with E-state index in [0.717, 1.165) is 44.8 Å². The number of aromatic nitrogens is 1. The summed E-state index contributed by atoms with van der Waals surface area (Å²) < 4.78 is 15.2. The van der Waals surface area contributed by atoms with E-state index in [9.17, 15) is 0 Å². The first-order valence-electron chi connectivity index (χ1n) is 15.8. The molecule has 2 aliphatic rings. The molecule has 0 atom stereocenters. The SMILES string of the molecule is O=P(c1ccccc1)(c1ccccc1)c1cccc(-c2ccc3c(c2)N(c2cccnc2)c2cc4cccc5c4c(c2S3)CC=C5)c1. The van der Waals surface area contributed by atoms with Crippen LogP contribution in [0.3, 0.4) is 0 Å². The van der Waals surface area contributed by atoms with E-state index in [2.05, 4.69) is 82.7 Å². The average molecular weight is 641 g/mol. The van der Waals surface area contributed by atoms with Crippen LogP contribution in [0.5, 0.6) is 0 Å². The number of nitrogens with zero attached hydrogens (tertiary/aromatic N) is 2. The summed E-state index contributed by atoms with van der Waals surface area (Å²) in [6.07, 6.45) is 9.20. The van der Waals surface area contributed by atoms with Gasteiger partial charge in [-0.1, -0.05) is 127 Å². The molecule has 1 aliphatic heterocycles. The second-order valence-electron chi connectivity index (χ2n) is 11.9. The molecular formula is C42H29N2OPS. The number of allylic oxidation sites excluding steroid dienone is 1. The molecule has 0 fully saturated rings. The van der Waals surface area contributed by atoms with E-state index in [0.29, 0.717) is 0 Å². The van der Waals surface area contributed by atoms with Crippen LogP contribution in [-0.4, -0.2) is 4.98 Å². The molecule has 0 saturated heterocycles. The molecule has 0 amide bonds. The Hall–Kier alpha value is -5.15. The zero-order valence-corrected chi connectivity index (χ0v) is 27.2. The highest BCUT2D eigenvalue weighted by Crippen LogP contribution is 2.55. The average Bonchev–Trinajstić information content (AvgIpc) is 3.15. The summed E-state index contributed by atoms with van der Waals surface area (Å²) in [4.78, 5) is 9.38. The highest BCUT2D eigenvalue weighted by molar-refractivity contribution is 7.99. The van der Waals surface area contributed by atoms with E-state index in [4.69, 9.17) is 0 Å². The predicted molar refractivity (Wildman–Crippen MR) is 198 cm³/mol. The third kappa shape index (κ3) is 4.59. The van der Waals surface area contributed by atoms with Crippen molar-refractivity contribution < 1.29 is 4.57 Å². The van der Waals surface area contributed by atoms with Crippen molar-refractivity contribution in [3.63, 3.8) is 0 Å². The Labute approximate surface area is 278 Å². The first kappa shape index (κ1) is 28.1. The fraction of sp³-hybridized carbons (Fsp3) is 0.0238. The second-order valence-corrected chi connectivity index (χ2v) is 15.7. The molecule has 2 heterocycles. The molecule has 0 spiro atoms. The summed E-state index contributed by atoms with van der Waals surface area (Å²) in [7, 11) is -3.11. The molecule has 5 heteroatoms. The summed E-state index contributed by atoms with van der Waals surface area (Å²) in [5, 5.41) is 5.09. The Morgan fingerprint density at radius 3 is 2.17 bits per heavy atom. The highest BCUT2D eigenvalue weighted by atomic mass is 32.2. The molecule has 0 radical (unpaired) electrons. The quantitative estimate of drug-likeness (QED) is 0.175. The Morgan fingerprint density at radius 1 is 0.660 bits per heavy atom. The molecule has 0 saturated carbocycles. The van der Waals surface area contributed by atoms with Gasteiger partial charge in [-0.15, -0.1) is 0 Å². The van der Waals surface area contributed by atoms with Gasteiger partial charge in [0.2, 0.25) is 0 Å². The minimum absolute atomic E-state index is 0.823. The summed E-state index contributed by atoms with van der Waals surface area (Å²) >= 11 is 1.85. The first-order chi connectivity index (χ1) is 23.2. The molecule has 0 N–H and O–H groups in total. The van der Waals surface area contributed by atoms with Gasteiger partial charge in [0, 0.05) is 31.9 Å². The van der Waals surface area contributed by atoms with Crippen molar-refractivity contribution in [3.8, 4) is 11.1 Å². The van der Waals surface area contributed by atoms with E-state index in [-0.39, 0.29) is 0 Å². The van der Waals surface area contributed by atoms with Crippen LogP contribution in [0.1, 0.15) is 11.1 Å². The van der Waals surface area contributed by atoms with E-state index in [1.165, 1.54) is 37.4 Å². The van der Waals surface area contributed by atoms with Crippen LogP contribution >= 0.6 is 18.9 Å². The Morgan fingerprint density at radius 2 is 1.40 bits per heavy atom. The lowest BCUT2D eigenvalue weighted by molar-refractivity contribution is 0.592. The minimum atomic E-state index is -3.11. The van der Waals surface area contributed by atoms with E-state index >= 15 is 4.57 Å². The van der Waals surface area contributed by atoms with E-state index in [1.807, 2.05) is 103 Å². The van der Waals surface area contributed by atoms with Crippen molar-refractivity contribution in [2.24, 2.45) is 0 Å². The van der Waals surface area contributed by atoms with Gasteiger partial charge in [-0.2, -0.15) is 0 Å². The zero-order chi connectivity index (χ0) is 31.4. The fourth-order valence-corrected chi connectivity index (χ4v) is 10.9. The molecule has 47 heavy (non-hydrogen) atoms. The van der Waals surface area contributed by atoms with Gasteiger partial charge in [0.15, 0.2) is 7.14 Å². The number of rotatable bonds is 5. The van der Waals surface area contributed by atoms with Crippen LogP contribution in [0.2, 0.25) is 0 Å². The number of pyridine rings is 1. The van der Waals surface area contributed by atoms with Crippen molar-refractivity contribution in [1.82, 2.24) is 4.98 Å². The van der Waals surface area contributed by atoms with Gasteiger partial charge in [-0.05, 0) is 75.8 Å². The molecule has 6 aromatic carbocycles. The number of hydrogen-bond donors (Lipinski definition) is 0. The van der Waals surface area contributed by atoms with Crippen molar-refractivity contribution in [2.75, 3.05) is 4.90 Å². The van der Waals surface area contributed by atoms with E-state index in [1.54, 1.807) is 0 Å². The van der Waals surface area contributed by atoms with Crippen LogP contribution < -0.4 is 20.8 Å². The molecule has 3 nitrogen and oxygen atoms in total. The highest BCUT2D eigenvalue weighted by Gasteiger charge is 2.31. The van der Waals surface area contributed by atoms with Gasteiger partial charge >= 0.3 is 0 Å². The maximum atomic E-state index is 15.2. The second kappa shape index (κ2) is 11.3. The summed E-state index contributed by atoms with van der Waals surface area (Å²) in [5.41, 5.74) is 8.08. The third-order valence-electron chi connectivity index (χ3n) is 9.19. The largest absolute Gasteiger partial charge is 0.309 e. The van der Waals surface area contributed by atoms with Gasteiger partial charge in [0.25, 0.3) is 0 Å². The van der Waals surface area contributed by atoms with Crippen LogP contribution in [-0.2, 0) is 11.0 Å². The molecule has 9 rings (SSSR count). The van der Waals surface area contributed by atoms with Gasteiger partial charge in [-0.25, -0.2) is 0 Å². The normalized spacial score (nSPS) is 13.3. The Balaban J connectivity index is 1.21. The minimum Gasteiger partial charge on any atom is -0.309 e. The standard InChI is InChI=1S/C42H29N2OPS/c45-46(34-16-3-1-4-17-34,35-18-5-2-6-19-35)36-20-8-13-30(25-36)31-22-23-40-38(26-31)44(33-15-10-24-43-28-33)39-27-32-14-7-11-29-12-9-21-37(41(29)32)42(39)47-40/h1-20,22-28H,21H2. The molecule has 1 aliphatic carbocycles. The number of hydrogen-bond acceptors (Lipinski definition) is 4. The lowest BCUT2D eigenvalue weighted by atomic mass is 9.92. The van der Waals surface area contributed by atoms with Crippen molar-refractivity contribution in [3.05, 3.63) is 169 Å². The monoisotopic (exact) mass is 640 g/mol. The summed E-state index contributed by atoms with van der Waals surface area (Å²) in [5.74, 6) is 0. The Bertz CT molecular complexity index is 2350. The predicted octanol–water partition coefficient (Wildman–Crippen LogP) is 10.0. The maximum absolute atomic E-state index is 15.2. The van der Waals surface area contributed by atoms with Crippen LogP contribution in [0.25, 0.3) is 28.0 Å². The Kier molecular flexibility index (Phi) is 6.74. The lowest BCUT2D eigenvalue weighted by Gasteiger charge is -2.35. The molecule has 0 bridgehead atoms. The van der Waals surface area contributed by atoms with Crippen molar-refractivity contribution >= 4 is 68.7 Å². The summed E-state index contributed by atoms with van der Waals surface area (Å²) in [6.45, 7) is 0. The lowest BCUT2D eigenvalue weighted by Crippen LogP contribution is -2.25. The zero-order valence-electron chi connectivity index (χ0n) is 25.5. The topological polar surface area (TPSA) is 33.2 Å². The number of fused-ring (bicyclic) bond motifs is 3.